The zero-order chi connectivity index (χ0) is 16.0. The highest BCUT2D eigenvalue weighted by atomic mass is 16.2. The van der Waals surface area contributed by atoms with E-state index >= 15 is 0 Å². The third kappa shape index (κ3) is 2.74. The van der Waals surface area contributed by atoms with Gasteiger partial charge in [0, 0.05) is 45.8 Å². The number of hydrogen-bond donors (Lipinski definition) is 0. The zero-order valence-electron chi connectivity index (χ0n) is 14.2. The summed E-state index contributed by atoms with van der Waals surface area (Å²) in [6.07, 6.45) is 4.80. The number of carbonyl (C=O) groups is 1. The highest BCUT2D eigenvalue weighted by Gasteiger charge is 2.40. The Kier molecular flexibility index (Phi) is 3.80. The lowest BCUT2D eigenvalue weighted by Gasteiger charge is -2.37. The summed E-state index contributed by atoms with van der Waals surface area (Å²) in [5.41, 5.74) is 3.05. The van der Waals surface area contributed by atoms with Crippen molar-refractivity contribution in [1.29, 1.82) is 0 Å². The molecule has 124 valence electrons. The number of amides is 2. The van der Waals surface area contributed by atoms with E-state index in [2.05, 4.69) is 34.1 Å². The molecule has 2 atom stereocenters. The molecule has 4 nitrogen and oxygen atoms in total. The lowest BCUT2D eigenvalue weighted by Crippen LogP contribution is -2.51. The maximum absolute atomic E-state index is 12.5. The molecule has 1 aliphatic carbocycles. The molecule has 0 spiro atoms. The summed E-state index contributed by atoms with van der Waals surface area (Å²) in [4.78, 5) is 19.0. The van der Waals surface area contributed by atoms with Gasteiger partial charge >= 0.3 is 6.03 Å². The molecule has 3 aliphatic heterocycles. The molecule has 0 N–H and O–H groups in total. The maximum Gasteiger partial charge on any atom is 0.319 e. The van der Waals surface area contributed by atoms with E-state index in [-0.39, 0.29) is 6.03 Å². The van der Waals surface area contributed by atoms with Gasteiger partial charge in [-0.25, -0.2) is 4.79 Å². The van der Waals surface area contributed by atoms with Crippen molar-refractivity contribution in [1.82, 2.24) is 14.7 Å². The van der Waals surface area contributed by atoms with Crippen LogP contribution in [0.15, 0.2) is 24.3 Å². The van der Waals surface area contributed by atoms with Crippen molar-refractivity contribution < 1.29 is 4.79 Å². The third-order valence-electron chi connectivity index (χ3n) is 5.92. The van der Waals surface area contributed by atoms with E-state index < -0.39 is 0 Å². The standard InChI is InChI=1S/C19H27N3O/c1-20(2)19(23)22-12-14-7-8-17(22)13-21(11-14)18-9-15-5-3-4-6-16(15)10-18/h3-6,14,17-18H,7-13H2,1-2H3/t14-,17+/m1/s1. The Bertz CT molecular complexity index is 575. The van der Waals surface area contributed by atoms with Crippen LogP contribution in [0.3, 0.4) is 0 Å². The fraction of sp³-hybridized carbons (Fsp3) is 0.632. The number of fused-ring (bicyclic) bond motifs is 5. The van der Waals surface area contributed by atoms with Crippen LogP contribution in [0.5, 0.6) is 0 Å². The summed E-state index contributed by atoms with van der Waals surface area (Å²) in [5, 5.41) is 0. The molecule has 3 heterocycles. The normalized spacial score (nSPS) is 27.8. The van der Waals surface area contributed by atoms with Crippen LogP contribution < -0.4 is 0 Å². The van der Waals surface area contributed by atoms with E-state index in [9.17, 15) is 4.79 Å². The van der Waals surface area contributed by atoms with Gasteiger partial charge in [-0.1, -0.05) is 24.3 Å². The number of benzene rings is 1. The molecule has 23 heavy (non-hydrogen) atoms. The minimum Gasteiger partial charge on any atom is -0.331 e. The molecule has 3 saturated heterocycles. The van der Waals surface area contributed by atoms with Crippen molar-refractivity contribution >= 4 is 6.03 Å². The minimum atomic E-state index is 0.191. The third-order valence-corrected chi connectivity index (χ3v) is 5.92. The van der Waals surface area contributed by atoms with Crippen LogP contribution >= 0.6 is 0 Å². The number of piperidine rings is 1. The van der Waals surface area contributed by atoms with E-state index in [4.69, 9.17) is 0 Å². The first-order valence-electron chi connectivity index (χ1n) is 8.90. The van der Waals surface area contributed by atoms with Crippen molar-refractivity contribution in [2.75, 3.05) is 33.7 Å². The van der Waals surface area contributed by atoms with Crippen LogP contribution in [-0.4, -0.2) is 66.5 Å². The predicted molar refractivity (Wildman–Crippen MR) is 91.5 cm³/mol. The molecule has 4 heteroatoms. The van der Waals surface area contributed by atoms with Crippen molar-refractivity contribution in [3.63, 3.8) is 0 Å². The molecule has 0 aromatic heterocycles. The van der Waals surface area contributed by atoms with E-state index in [1.165, 1.54) is 36.8 Å². The second kappa shape index (κ2) is 5.82. The number of nitrogens with zero attached hydrogens (tertiary/aromatic N) is 3. The van der Waals surface area contributed by atoms with Crippen LogP contribution in [0.25, 0.3) is 0 Å². The van der Waals surface area contributed by atoms with Crippen molar-refractivity contribution in [2.45, 2.75) is 37.8 Å². The van der Waals surface area contributed by atoms with Gasteiger partial charge in [0.05, 0.1) is 0 Å². The molecule has 2 bridgehead atoms. The Hall–Kier alpha value is -1.55. The van der Waals surface area contributed by atoms with Gasteiger partial charge in [0.2, 0.25) is 0 Å². The van der Waals surface area contributed by atoms with E-state index in [0.717, 1.165) is 19.6 Å². The highest BCUT2D eigenvalue weighted by molar-refractivity contribution is 5.74. The number of rotatable bonds is 1. The average Bonchev–Trinajstić information content (AvgIpc) is 2.77. The van der Waals surface area contributed by atoms with Crippen LogP contribution in [-0.2, 0) is 12.8 Å². The fourth-order valence-corrected chi connectivity index (χ4v) is 4.70. The lowest BCUT2D eigenvalue weighted by molar-refractivity contribution is 0.118. The van der Waals surface area contributed by atoms with Crippen molar-refractivity contribution in [3.8, 4) is 0 Å². The first-order valence-corrected chi connectivity index (χ1v) is 8.90. The topological polar surface area (TPSA) is 26.8 Å². The molecule has 1 aromatic carbocycles. The van der Waals surface area contributed by atoms with Crippen molar-refractivity contribution in [2.24, 2.45) is 5.92 Å². The quantitative estimate of drug-likeness (QED) is 0.795. The van der Waals surface area contributed by atoms with Gasteiger partial charge < -0.3 is 9.80 Å². The Labute approximate surface area is 139 Å². The average molecular weight is 313 g/mol. The fourth-order valence-electron chi connectivity index (χ4n) is 4.70. The van der Waals surface area contributed by atoms with Crippen LogP contribution in [0.4, 0.5) is 4.79 Å². The number of hydrogen-bond acceptors (Lipinski definition) is 2. The second-order valence-electron chi connectivity index (χ2n) is 7.71. The number of urea groups is 1. The lowest BCUT2D eigenvalue weighted by atomic mass is 9.95. The van der Waals surface area contributed by atoms with E-state index in [1.807, 2.05) is 14.1 Å². The summed E-state index contributed by atoms with van der Waals surface area (Å²) in [7, 11) is 3.73. The van der Waals surface area contributed by atoms with E-state index in [1.54, 1.807) is 4.90 Å². The van der Waals surface area contributed by atoms with Gasteiger partial charge in [-0.05, 0) is 42.7 Å². The van der Waals surface area contributed by atoms with Gasteiger partial charge in [-0.2, -0.15) is 0 Å². The Morgan fingerprint density at radius 2 is 1.70 bits per heavy atom. The van der Waals surface area contributed by atoms with E-state index in [0.29, 0.717) is 18.0 Å². The van der Waals surface area contributed by atoms with Gasteiger partial charge in [-0.3, -0.25) is 4.90 Å². The summed E-state index contributed by atoms with van der Waals surface area (Å²) >= 11 is 0. The highest BCUT2D eigenvalue weighted by Crippen LogP contribution is 2.33. The van der Waals surface area contributed by atoms with Gasteiger partial charge in [0.25, 0.3) is 0 Å². The van der Waals surface area contributed by atoms with Crippen LogP contribution in [0.1, 0.15) is 24.0 Å². The minimum absolute atomic E-state index is 0.191. The zero-order valence-corrected chi connectivity index (χ0v) is 14.2. The molecule has 0 saturated carbocycles. The Balaban J connectivity index is 1.50. The molecule has 1 aromatic rings. The summed E-state index contributed by atoms with van der Waals surface area (Å²) in [5.74, 6) is 0.640. The first-order chi connectivity index (χ1) is 11.1. The molecular formula is C19H27N3O. The monoisotopic (exact) mass is 313 g/mol. The number of carbonyl (C=O) groups excluding carboxylic acids is 1. The maximum atomic E-state index is 12.5. The predicted octanol–water partition coefficient (Wildman–Crippen LogP) is 2.23. The first kappa shape index (κ1) is 15.0. The van der Waals surface area contributed by atoms with Crippen molar-refractivity contribution in [3.05, 3.63) is 35.4 Å². The Morgan fingerprint density at radius 1 is 1.00 bits per heavy atom. The summed E-state index contributed by atoms with van der Waals surface area (Å²) in [6.45, 7) is 3.15. The smallest absolute Gasteiger partial charge is 0.319 e. The molecule has 3 fully saturated rings. The Morgan fingerprint density at radius 3 is 2.35 bits per heavy atom. The van der Waals surface area contributed by atoms with Crippen LogP contribution in [0, 0.1) is 5.92 Å². The van der Waals surface area contributed by atoms with Gasteiger partial charge in [0.1, 0.15) is 0 Å². The summed E-state index contributed by atoms with van der Waals surface area (Å²) < 4.78 is 0. The molecule has 0 radical (unpaired) electrons. The van der Waals surface area contributed by atoms with Crippen LogP contribution in [0.2, 0.25) is 0 Å². The van der Waals surface area contributed by atoms with Gasteiger partial charge in [-0.15, -0.1) is 0 Å². The molecule has 4 aliphatic rings. The largest absolute Gasteiger partial charge is 0.331 e. The molecular weight excluding hydrogens is 286 g/mol. The molecule has 5 rings (SSSR count). The SMILES string of the molecule is CN(C)C(=O)N1C[C@@H]2CC[C@H]1CN(C1Cc3ccccc3C1)C2. The van der Waals surface area contributed by atoms with Gasteiger partial charge in [0.15, 0.2) is 0 Å². The molecule has 2 amide bonds. The second-order valence-corrected chi connectivity index (χ2v) is 7.71. The molecule has 0 unspecified atom stereocenters. The summed E-state index contributed by atoms with van der Waals surface area (Å²) in [6, 6.07) is 10.1.